The van der Waals surface area contributed by atoms with Crippen LogP contribution in [0.25, 0.3) is 0 Å². The van der Waals surface area contributed by atoms with E-state index in [1.807, 2.05) is 0 Å². The van der Waals surface area contributed by atoms with Gasteiger partial charge in [-0.25, -0.2) is 0 Å². The second-order valence-corrected chi connectivity index (χ2v) is 8.38. The number of unbranched alkanes of at least 4 members (excludes halogenated alkanes) is 2. The monoisotopic (exact) mass is 442 g/mol. The molecule has 0 saturated carbocycles. The molecule has 0 heterocycles. The fourth-order valence-corrected chi connectivity index (χ4v) is 3.49. The molecule has 0 aliphatic rings. The first-order chi connectivity index (χ1) is 15.5. The molecule has 0 spiro atoms. The molecular formula is C28H42O4. The van der Waals surface area contributed by atoms with Crippen molar-refractivity contribution >= 4 is 11.9 Å². The van der Waals surface area contributed by atoms with Gasteiger partial charge in [0.25, 0.3) is 0 Å². The highest BCUT2D eigenvalue weighted by molar-refractivity contribution is 5.73. The molecule has 0 N–H and O–H groups in total. The first kappa shape index (κ1) is 27.7. The van der Waals surface area contributed by atoms with Gasteiger partial charge in [-0.2, -0.15) is 0 Å². The number of benzene rings is 1. The molecule has 4 nitrogen and oxygen atoms in total. The Balaban J connectivity index is 2.54. The van der Waals surface area contributed by atoms with Crippen molar-refractivity contribution in [1.82, 2.24) is 0 Å². The maximum absolute atomic E-state index is 12.3. The fourth-order valence-electron chi connectivity index (χ4n) is 3.49. The molecule has 0 saturated heterocycles. The molecule has 2 atom stereocenters. The minimum atomic E-state index is -0.137. The van der Waals surface area contributed by atoms with E-state index in [0.29, 0.717) is 26.1 Å². The number of allylic oxidation sites excluding steroid dienone is 2. The van der Waals surface area contributed by atoms with Crippen molar-refractivity contribution < 1.29 is 19.1 Å². The maximum Gasteiger partial charge on any atom is 0.309 e. The van der Waals surface area contributed by atoms with Crippen LogP contribution in [-0.2, 0) is 31.9 Å². The smallest absolute Gasteiger partial charge is 0.309 e. The average Bonchev–Trinajstić information content (AvgIpc) is 2.80. The summed E-state index contributed by atoms with van der Waals surface area (Å²) in [6.07, 6.45) is 11.8. The lowest BCUT2D eigenvalue weighted by molar-refractivity contribution is -0.149. The molecule has 2 unspecified atom stereocenters. The van der Waals surface area contributed by atoms with Gasteiger partial charge in [0, 0.05) is 0 Å². The van der Waals surface area contributed by atoms with E-state index in [0.717, 1.165) is 51.4 Å². The van der Waals surface area contributed by atoms with E-state index >= 15 is 0 Å². The lowest BCUT2D eigenvalue weighted by atomic mass is 9.94. The van der Waals surface area contributed by atoms with Crippen LogP contribution in [0.4, 0.5) is 0 Å². The van der Waals surface area contributed by atoms with Gasteiger partial charge in [-0.15, -0.1) is 13.2 Å². The molecule has 178 valence electrons. The molecule has 0 aliphatic carbocycles. The number of rotatable bonds is 18. The zero-order valence-corrected chi connectivity index (χ0v) is 20.2. The minimum Gasteiger partial charge on any atom is -0.465 e. The Morgan fingerprint density at radius 2 is 1.16 bits per heavy atom. The Hall–Kier alpha value is -2.36. The molecular weight excluding hydrogens is 400 g/mol. The summed E-state index contributed by atoms with van der Waals surface area (Å²) in [5.41, 5.74) is 2.40. The lowest BCUT2D eigenvalue weighted by Crippen LogP contribution is -2.19. The third kappa shape index (κ3) is 11.3. The highest BCUT2D eigenvalue weighted by atomic mass is 16.5. The predicted molar refractivity (Wildman–Crippen MR) is 131 cm³/mol. The Labute approximate surface area is 195 Å². The zero-order chi connectivity index (χ0) is 23.6. The number of hydrogen-bond donors (Lipinski definition) is 0. The van der Waals surface area contributed by atoms with Gasteiger partial charge in [-0.1, -0.05) is 63.1 Å². The van der Waals surface area contributed by atoms with E-state index in [-0.39, 0.29) is 23.8 Å². The normalized spacial score (nSPS) is 12.6. The summed E-state index contributed by atoms with van der Waals surface area (Å²) in [6, 6.07) is 8.46. The van der Waals surface area contributed by atoms with Crippen molar-refractivity contribution in [2.75, 3.05) is 13.2 Å². The molecule has 32 heavy (non-hydrogen) atoms. The largest absolute Gasteiger partial charge is 0.465 e. The quantitative estimate of drug-likeness (QED) is 0.146. The summed E-state index contributed by atoms with van der Waals surface area (Å²) < 4.78 is 10.8. The third-order valence-corrected chi connectivity index (χ3v) is 5.64. The number of carbonyl (C=O) groups is 2. The lowest BCUT2D eigenvalue weighted by Gasteiger charge is -2.15. The molecule has 0 amide bonds. The van der Waals surface area contributed by atoms with Gasteiger partial charge >= 0.3 is 11.9 Å². The van der Waals surface area contributed by atoms with Gasteiger partial charge in [-0.3, -0.25) is 9.59 Å². The fraction of sp³-hybridized carbons (Fsp3) is 0.571. The van der Waals surface area contributed by atoms with E-state index in [2.05, 4.69) is 51.3 Å². The summed E-state index contributed by atoms with van der Waals surface area (Å²) in [7, 11) is 0. The highest BCUT2D eigenvalue weighted by Gasteiger charge is 2.19. The molecule has 1 aromatic rings. The van der Waals surface area contributed by atoms with Crippen LogP contribution in [0.15, 0.2) is 49.6 Å². The van der Waals surface area contributed by atoms with Crippen LogP contribution >= 0.6 is 0 Å². The predicted octanol–water partition coefficient (Wildman–Crippen LogP) is 6.62. The van der Waals surface area contributed by atoms with Crippen molar-refractivity contribution in [3.8, 4) is 0 Å². The highest BCUT2D eigenvalue weighted by Crippen LogP contribution is 2.19. The van der Waals surface area contributed by atoms with Crippen molar-refractivity contribution in [2.45, 2.75) is 78.1 Å². The number of carbonyl (C=O) groups excluding carboxylic acids is 2. The molecule has 0 radical (unpaired) electrons. The van der Waals surface area contributed by atoms with Gasteiger partial charge < -0.3 is 9.47 Å². The van der Waals surface area contributed by atoms with E-state index in [4.69, 9.17) is 9.47 Å². The van der Waals surface area contributed by atoms with E-state index in [9.17, 15) is 9.59 Å². The molecule has 1 aromatic carbocycles. The summed E-state index contributed by atoms with van der Waals surface area (Å²) in [6.45, 7) is 12.7. The Bertz CT molecular complexity index is 618. The van der Waals surface area contributed by atoms with E-state index < -0.39 is 0 Å². The van der Waals surface area contributed by atoms with Crippen LogP contribution in [0, 0.1) is 11.8 Å². The maximum atomic E-state index is 12.3. The number of ether oxygens (including phenoxy) is 2. The molecule has 0 aromatic heterocycles. The van der Waals surface area contributed by atoms with Crippen LogP contribution in [0.5, 0.6) is 0 Å². The van der Waals surface area contributed by atoms with Crippen LogP contribution in [0.3, 0.4) is 0 Å². The first-order valence-corrected chi connectivity index (χ1v) is 12.2. The standard InChI is InChI=1S/C28H42O4/c1-5-9-21-31-27(29)25(11-7-3)19-17-23-13-15-24(16-14-23)18-20-26(12-8-4)28(30)32-22-10-6-2/h7-8,13-16,25-26H,3-6,9-12,17-22H2,1-2H3. The summed E-state index contributed by atoms with van der Waals surface area (Å²) in [5, 5.41) is 0. The number of hydrogen-bond acceptors (Lipinski definition) is 4. The van der Waals surface area contributed by atoms with Gasteiger partial charge in [0.1, 0.15) is 0 Å². The molecule has 0 fully saturated rings. The Kier molecular flexibility index (Phi) is 14.9. The Morgan fingerprint density at radius 3 is 1.47 bits per heavy atom. The molecule has 0 bridgehead atoms. The van der Waals surface area contributed by atoms with Gasteiger partial charge in [0.2, 0.25) is 0 Å². The van der Waals surface area contributed by atoms with E-state index in [1.165, 1.54) is 11.1 Å². The number of aryl methyl sites for hydroxylation is 2. The van der Waals surface area contributed by atoms with Crippen molar-refractivity contribution in [3.63, 3.8) is 0 Å². The topological polar surface area (TPSA) is 52.6 Å². The second-order valence-electron chi connectivity index (χ2n) is 8.38. The summed E-state index contributed by atoms with van der Waals surface area (Å²) in [4.78, 5) is 24.6. The minimum absolute atomic E-state index is 0.117. The van der Waals surface area contributed by atoms with Gasteiger partial charge in [-0.05, 0) is 62.5 Å². The zero-order valence-electron chi connectivity index (χ0n) is 20.2. The van der Waals surface area contributed by atoms with Crippen LogP contribution < -0.4 is 0 Å². The van der Waals surface area contributed by atoms with Crippen LogP contribution in [-0.4, -0.2) is 25.2 Å². The molecule has 4 heteroatoms. The second kappa shape index (κ2) is 17.2. The first-order valence-electron chi connectivity index (χ1n) is 12.2. The molecule has 1 rings (SSSR count). The van der Waals surface area contributed by atoms with Gasteiger partial charge in [0.05, 0.1) is 25.0 Å². The Morgan fingerprint density at radius 1 is 0.781 bits per heavy atom. The van der Waals surface area contributed by atoms with Crippen molar-refractivity contribution in [2.24, 2.45) is 11.8 Å². The van der Waals surface area contributed by atoms with Gasteiger partial charge in [0.15, 0.2) is 0 Å². The van der Waals surface area contributed by atoms with Crippen LogP contribution in [0.1, 0.15) is 76.3 Å². The average molecular weight is 443 g/mol. The summed E-state index contributed by atoms with van der Waals surface area (Å²) >= 11 is 0. The van der Waals surface area contributed by atoms with Crippen molar-refractivity contribution in [1.29, 1.82) is 0 Å². The number of esters is 2. The SMILES string of the molecule is C=CCC(CCc1ccc(CCC(CC=C)C(=O)OCCCC)cc1)C(=O)OCCCC. The third-order valence-electron chi connectivity index (χ3n) is 5.64. The van der Waals surface area contributed by atoms with E-state index in [1.54, 1.807) is 12.2 Å². The van der Waals surface area contributed by atoms with Crippen molar-refractivity contribution in [3.05, 3.63) is 60.7 Å². The summed E-state index contributed by atoms with van der Waals surface area (Å²) in [5.74, 6) is -0.507. The van der Waals surface area contributed by atoms with Crippen LogP contribution in [0.2, 0.25) is 0 Å². The molecule has 0 aliphatic heterocycles.